The third-order valence-electron chi connectivity index (χ3n) is 6.24. The SMILES string of the molecule is CN(C)c1ccc(NC(=O)COC(=O)c2c3c(nc4ccccc24)C(=Cc2cccs2)CCC3)cc1. The fourth-order valence-corrected chi connectivity index (χ4v) is 5.18. The number of fused-ring (bicyclic) bond motifs is 2. The summed E-state index contributed by atoms with van der Waals surface area (Å²) >= 11 is 1.68. The van der Waals surface area contributed by atoms with E-state index >= 15 is 0 Å². The number of pyridine rings is 1. The molecule has 1 aliphatic rings. The van der Waals surface area contributed by atoms with Gasteiger partial charge < -0.3 is 15.0 Å². The molecule has 4 aromatic rings. The molecular weight excluding hydrogens is 470 g/mol. The van der Waals surface area contributed by atoms with Gasteiger partial charge in [0, 0.05) is 35.7 Å². The van der Waals surface area contributed by atoms with Crippen LogP contribution in [-0.2, 0) is 16.0 Å². The largest absolute Gasteiger partial charge is 0.452 e. The van der Waals surface area contributed by atoms with Crippen LogP contribution in [0.4, 0.5) is 11.4 Å². The maximum absolute atomic E-state index is 13.4. The van der Waals surface area contributed by atoms with E-state index in [0.717, 1.165) is 57.6 Å². The highest BCUT2D eigenvalue weighted by Crippen LogP contribution is 2.36. The Labute approximate surface area is 214 Å². The molecule has 5 rings (SSSR count). The lowest BCUT2D eigenvalue weighted by molar-refractivity contribution is -0.119. The minimum absolute atomic E-state index is 0.364. The van der Waals surface area contributed by atoms with Crippen molar-refractivity contribution in [3.05, 3.63) is 87.7 Å². The van der Waals surface area contributed by atoms with E-state index in [-0.39, 0.29) is 12.5 Å². The second-order valence-electron chi connectivity index (χ2n) is 8.94. The minimum atomic E-state index is -0.500. The molecule has 1 aliphatic carbocycles. The predicted octanol–water partition coefficient (Wildman–Crippen LogP) is 6.03. The molecule has 2 aromatic heterocycles. The molecule has 0 unspecified atom stereocenters. The first-order valence-corrected chi connectivity index (χ1v) is 12.8. The van der Waals surface area contributed by atoms with Crippen molar-refractivity contribution >= 4 is 57.1 Å². The van der Waals surface area contributed by atoms with Crippen LogP contribution in [-0.4, -0.2) is 37.6 Å². The molecule has 0 atom stereocenters. The van der Waals surface area contributed by atoms with Crippen LogP contribution in [0.15, 0.2) is 66.0 Å². The van der Waals surface area contributed by atoms with Crippen molar-refractivity contribution in [2.45, 2.75) is 19.3 Å². The van der Waals surface area contributed by atoms with Gasteiger partial charge >= 0.3 is 5.97 Å². The van der Waals surface area contributed by atoms with Crippen LogP contribution in [0.2, 0.25) is 0 Å². The average Bonchev–Trinajstić information content (AvgIpc) is 3.40. The standard InChI is InChI=1S/C29H27N3O3S/c1-32(2)21-14-12-20(13-15-21)30-26(33)18-35-29(34)27-23-9-3-4-11-25(23)31-28-19(7-5-10-24(27)28)17-22-8-6-16-36-22/h3-4,6,8-9,11-17H,5,7,10,18H2,1-2H3,(H,30,33). The predicted molar refractivity (Wildman–Crippen MR) is 147 cm³/mol. The number of amides is 1. The summed E-state index contributed by atoms with van der Waals surface area (Å²) in [5.74, 6) is -0.883. The molecule has 0 saturated heterocycles. The van der Waals surface area contributed by atoms with Gasteiger partial charge in [-0.3, -0.25) is 4.79 Å². The first-order valence-electron chi connectivity index (χ1n) is 11.9. The quantitative estimate of drug-likeness (QED) is 0.329. The molecule has 36 heavy (non-hydrogen) atoms. The first-order chi connectivity index (χ1) is 17.5. The molecule has 0 radical (unpaired) electrons. The van der Waals surface area contributed by atoms with E-state index < -0.39 is 5.97 Å². The summed E-state index contributed by atoms with van der Waals surface area (Å²) in [6, 6.07) is 19.2. The van der Waals surface area contributed by atoms with Gasteiger partial charge in [0.1, 0.15) is 0 Å². The number of ether oxygens (including phenoxy) is 1. The van der Waals surface area contributed by atoms with Crippen LogP contribution in [0.25, 0.3) is 22.6 Å². The number of hydrogen-bond donors (Lipinski definition) is 1. The monoisotopic (exact) mass is 497 g/mol. The molecule has 182 valence electrons. The highest BCUT2D eigenvalue weighted by molar-refractivity contribution is 7.10. The Bertz CT molecular complexity index is 1440. The zero-order valence-electron chi connectivity index (χ0n) is 20.3. The molecule has 0 saturated carbocycles. The third kappa shape index (κ3) is 5.02. The minimum Gasteiger partial charge on any atom is -0.452 e. The number of nitrogens with zero attached hydrogens (tertiary/aromatic N) is 2. The number of aromatic nitrogens is 1. The topological polar surface area (TPSA) is 71.5 Å². The van der Waals surface area contributed by atoms with E-state index in [1.165, 1.54) is 0 Å². The Morgan fingerprint density at radius 1 is 1.06 bits per heavy atom. The summed E-state index contributed by atoms with van der Waals surface area (Å²) in [6.45, 7) is -0.364. The maximum Gasteiger partial charge on any atom is 0.339 e. The molecule has 0 bridgehead atoms. The Balaban J connectivity index is 1.40. The van der Waals surface area contributed by atoms with E-state index in [4.69, 9.17) is 9.72 Å². The van der Waals surface area contributed by atoms with Crippen molar-refractivity contribution in [3.8, 4) is 0 Å². The molecule has 1 N–H and O–H groups in total. The van der Waals surface area contributed by atoms with E-state index in [2.05, 4.69) is 22.8 Å². The molecule has 2 aromatic carbocycles. The van der Waals surface area contributed by atoms with Gasteiger partial charge in [0.05, 0.1) is 16.8 Å². The van der Waals surface area contributed by atoms with Crippen molar-refractivity contribution < 1.29 is 14.3 Å². The van der Waals surface area contributed by atoms with Gasteiger partial charge in [0.2, 0.25) is 0 Å². The Morgan fingerprint density at radius 2 is 1.86 bits per heavy atom. The number of carbonyl (C=O) groups is 2. The fourth-order valence-electron chi connectivity index (χ4n) is 4.50. The van der Waals surface area contributed by atoms with Crippen LogP contribution in [0.5, 0.6) is 0 Å². The smallest absolute Gasteiger partial charge is 0.339 e. The number of thiophene rings is 1. The molecule has 7 heteroatoms. The van der Waals surface area contributed by atoms with Crippen molar-refractivity contribution in [1.29, 1.82) is 0 Å². The number of para-hydroxylation sites is 1. The van der Waals surface area contributed by atoms with Crippen molar-refractivity contribution in [2.75, 3.05) is 30.9 Å². The fraction of sp³-hybridized carbons (Fsp3) is 0.207. The van der Waals surface area contributed by atoms with Gasteiger partial charge in [-0.25, -0.2) is 9.78 Å². The maximum atomic E-state index is 13.4. The summed E-state index contributed by atoms with van der Waals surface area (Å²) in [5, 5.41) is 5.59. The summed E-state index contributed by atoms with van der Waals surface area (Å²) in [7, 11) is 3.91. The summed E-state index contributed by atoms with van der Waals surface area (Å²) < 4.78 is 5.53. The molecule has 1 amide bonds. The van der Waals surface area contributed by atoms with Crippen molar-refractivity contribution in [3.63, 3.8) is 0 Å². The van der Waals surface area contributed by atoms with Crippen molar-refractivity contribution in [2.24, 2.45) is 0 Å². The van der Waals surface area contributed by atoms with Gasteiger partial charge in [-0.1, -0.05) is 24.3 Å². The number of nitrogens with one attached hydrogen (secondary N) is 1. The number of hydrogen-bond acceptors (Lipinski definition) is 6. The lowest BCUT2D eigenvalue weighted by atomic mass is 9.86. The molecule has 0 aliphatic heterocycles. The van der Waals surface area contributed by atoms with Crippen LogP contribution in [0, 0.1) is 0 Å². The lowest BCUT2D eigenvalue weighted by Crippen LogP contribution is -2.22. The highest BCUT2D eigenvalue weighted by Gasteiger charge is 2.26. The third-order valence-corrected chi connectivity index (χ3v) is 7.06. The Hall–Kier alpha value is -3.97. The lowest BCUT2D eigenvalue weighted by Gasteiger charge is -2.22. The number of carbonyl (C=O) groups excluding carboxylic acids is 2. The second kappa shape index (κ2) is 10.3. The molecule has 6 nitrogen and oxygen atoms in total. The summed E-state index contributed by atoms with van der Waals surface area (Å²) in [5.41, 5.74) is 5.80. The number of esters is 1. The Kier molecular flexibility index (Phi) is 6.82. The van der Waals surface area contributed by atoms with Gasteiger partial charge in [0.15, 0.2) is 6.61 Å². The normalized spacial score (nSPS) is 13.9. The van der Waals surface area contributed by atoms with Gasteiger partial charge in [-0.15, -0.1) is 11.3 Å². The molecule has 2 heterocycles. The number of allylic oxidation sites excluding steroid dienone is 1. The van der Waals surface area contributed by atoms with E-state index in [1.54, 1.807) is 11.3 Å². The highest BCUT2D eigenvalue weighted by atomic mass is 32.1. The van der Waals surface area contributed by atoms with E-state index in [1.807, 2.05) is 73.6 Å². The van der Waals surface area contributed by atoms with Gasteiger partial charge in [-0.05, 0) is 78.3 Å². The number of benzene rings is 2. The first kappa shape index (κ1) is 23.8. The van der Waals surface area contributed by atoms with E-state index in [9.17, 15) is 9.59 Å². The molecule has 0 fully saturated rings. The van der Waals surface area contributed by atoms with Crippen LogP contribution >= 0.6 is 11.3 Å². The number of rotatable bonds is 6. The summed E-state index contributed by atoms with van der Waals surface area (Å²) in [6.07, 6.45) is 4.73. The zero-order chi connectivity index (χ0) is 25.1. The Morgan fingerprint density at radius 3 is 2.61 bits per heavy atom. The van der Waals surface area contributed by atoms with E-state index in [0.29, 0.717) is 11.3 Å². The number of anilines is 2. The van der Waals surface area contributed by atoms with Gasteiger partial charge in [-0.2, -0.15) is 0 Å². The zero-order valence-corrected chi connectivity index (χ0v) is 21.1. The molecular formula is C29H27N3O3S. The summed E-state index contributed by atoms with van der Waals surface area (Å²) in [4.78, 5) is 34.0. The average molecular weight is 498 g/mol. The second-order valence-corrected chi connectivity index (χ2v) is 9.91. The van der Waals surface area contributed by atoms with Crippen LogP contribution in [0.3, 0.4) is 0 Å². The van der Waals surface area contributed by atoms with Crippen molar-refractivity contribution in [1.82, 2.24) is 4.98 Å². The van der Waals surface area contributed by atoms with Gasteiger partial charge in [0.25, 0.3) is 5.91 Å². The van der Waals surface area contributed by atoms with Crippen LogP contribution in [0.1, 0.15) is 39.3 Å². The van der Waals surface area contributed by atoms with Crippen LogP contribution < -0.4 is 10.2 Å². The molecule has 0 spiro atoms.